The van der Waals surface area contributed by atoms with Gasteiger partial charge in [0.1, 0.15) is 5.02 Å². The Morgan fingerprint density at radius 1 is 0.912 bits per heavy atom. The van der Waals surface area contributed by atoms with Crippen LogP contribution in [0.25, 0.3) is 22.7 Å². The molecule has 1 aliphatic rings. The number of halogens is 1. The van der Waals surface area contributed by atoms with Gasteiger partial charge in [-0.1, -0.05) is 54.1 Å². The van der Waals surface area contributed by atoms with E-state index in [2.05, 4.69) is 10.1 Å². The van der Waals surface area contributed by atoms with Crippen LogP contribution in [0.4, 0.5) is 5.69 Å². The minimum atomic E-state index is -0.366. The first-order valence-corrected chi connectivity index (χ1v) is 11.4. The van der Waals surface area contributed by atoms with Crippen LogP contribution in [0.1, 0.15) is 5.69 Å². The van der Waals surface area contributed by atoms with Crippen LogP contribution >= 0.6 is 11.6 Å². The third-order valence-electron chi connectivity index (χ3n) is 5.85. The maximum Gasteiger partial charge on any atom is 0.292 e. The van der Waals surface area contributed by atoms with Crippen LogP contribution in [0.3, 0.4) is 0 Å². The monoisotopic (exact) mass is 471 g/mol. The molecule has 8 heteroatoms. The lowest BCUT2D eigenvalue weighted by Crippen LogP contribution is -2.48. The Kier molecular flexibility index (Phi) is 6.10. The quantitative estimate of drug-likeness (QED) is 0.423. The van der Waals surface area contributed by atoms with E-state index in [-0.39, 0.29) is 16.5 Å². The molecule has 2 aromatic carbocycles. The lowest BCUT2D eigenvalue weighted by Gasteiger charge is -2.35. The van der Waals surface area contributed by atoms with Gasteiger partial charge in [-0.25, -0.2) is 4.98 Å². The summed E-state index contributed by atoms with van der Waals surface area (Å²) in [5, 5.41) is 5.49. The maximum atomic E-state index is 12.8. The fourth-order valence-electron chi connectivity index (χ4n) is 4.00. The number of carbonyl (C=O) groups is 1. The Labute approximate surface area is 201 Å². The highest BCUT2D eigenvalue weighted by molar-refractivity contribution is 6.33. The smallest absolute Gasteiger partial charge is 0.292 e. The Balaban J connectivity index is 1.24. The molecule has 3 heterocycles. The molecule has 0 bridgehead atoms. The van der Waals surface area contributed by atoms with Gasteiger partial charge in [-0.3, -0.25) is 9.59 Å². The van der Waals surface area contributed by atoms with Crippen LogP contribution in [-0.2, 0) is 4.79 Å². The first-order chi connectivity index (χ1) is 16.6. The van der Waals surface area contributed by atoms with E-state index < -0.39 is 0 Å². The molecule has 0 N–H and O–H groups in total. The van der Waals surface area contributed by atoms with Gasteiger partial charge in [-0.2, -0.15) is 9.78 Å². The lowest BCUT2D eigenvalue weighted by molar-refractivity contribution is -0.126. The number of anilines is 1. The van der Waals surface area contributed by atoms with Gasteiger partial charge in [-0.15, -0.1) is 0 Å². The average molecular weight is 472 g/mol. The number of piperazine rings is 1. The first kappa shape index (κ1) is 21.9. The number of aromatic nitrogens is 3. The van der Waals surface area contributed by atoms with E-state index in [1.165, 1.54) is 4.68 Å². The largest absolute Gasteiger partial charge is 0.365 e. The molecule has 0 radical (unpaired) electrons. The molecule has 0 saturated carbocycles. The summed E-state index contributed by atoms with van der Waals surface area (Å²) in [4.78, 5) is 33.8. The summed E-state index contributed by atoms with van der Waals surface area (Å²) in [6.07, 6.45) is 4.91. The van der Waals surface area contributed by atoms with Crippen molar-refractivity contribution in [1.82, 2.24) is 19.7 Å². The first-order valence-electron chi connectivity index (χ1n) is 11.0. The van der Waals surface area contributed by atoms with Crippen LogP contribution in [0.15, 0.2) is 83.8 Å². The van der Waals surface area contributed by atoms with E-state index in [0.29, 0.717) is 37.6 Å². The highest BCUT2D eigenvalue weighted by atomic mass is 35.5. The van der Waals surface area contributed by atoms with Crippen molar-refractivity contribution in [1.29, 1.82) is 0 Å². The summed E-state index contributed by atoms with van der Waals surface area (Å²) in [6, 6.07) is 20.9. The number of nitrogens with zero attached hydrogens (tertiary/aromatic N) is 5. The van der Waals surface area contributed by atoms with Crippen LogP contribution in [0, 0.1) is 0 Å². The zero-order valence-corrected chi connectivity index (χ0v) is 19.1. The van der Waals surface area contributed by atoms with Gasteiger partial charge < -0.3 is 9.80 Å². The third kappa shape index (κ3) is 4.43. The molecule has 0 aliphatic carbocycles. The van der Waals surface area contributed by atoms with E-state index in [1.807, 2.05) is 59.5 Å². The highest BCUT2D eigenvalue weighted by Gasteiger charge is 2.23. The molecule has 1 fully saturated rings. The van der Waals surface area contributed by atoms with Crippen LogP contribution < -0.4 is 10.5 Å². The average Bonchev–Trinajstić information content (AvgIpc) is 2.89. The van der Waals surface area contributed by atoms with E-state index in [4.69, 9.17) is 11.6 Å². The Hall–Kier alpha value is -3.97. The van der Waals surface area contributed by atoms with Crippen LogP contribution in [0.5, 0.6) is 0 Å². The Morgan fingerprint density at radius 2 is 1.65 bits per heavy atom. The fraction of sp³-hybridized carbons (Fsp3) is 0.154. The van der Waals surface area contributed by atoms with E-state index in [0.717, 1.165) is 16.6 Å². The second-order valence-electron chi connectivity index (χ2n) is 7.97. The second kappa shape index (κ2) is 9.49. The van der Waals surface area contributed by atoms with Crippen LogP contribution in [-0.4, -0.2) is 51.8 Å². The molecule has 0 spiro atoms. The predicted molar refractivity (Wildman–Crippen MR) is 134 cm³/mol. The van der Waals surface area contributed by atoms with Gasteiger partial charge in [-0.05, 0) is 30.3 Å². The molecule has 34 heavy (non-hydrogen) atoms. The molecule has 0 atom stereocenters. The van der Waals surface area contributed by atoms with E-state index >= 15 is 0 Å². The van der Waals surface area contributed by atoms with Gasteiger partial charge in [0.15, 0.2) is 0 Å². The number of rotatable bonds is 4. The van der Waals surface area contributed by atoms with Gasteiger partial charge >= 0.3 is 0 Å². The fourth-order valence-corrected chi connectivity index (χ4v) is 4.25. The molecule has 2 aromatic heterocycles. The van der Waals surface area contributed by atoms with Crippen molar-refractivity contribution < 1.29 is 4.79 Å². The van der Waals surface area contributed by atoms with Gasteiger partial charge in [0, 0.05) is 37.6 Å². The molecule has 4 aromatic rings. The zero-order chi connectivity index (χ0) is 23.5. The SMILES string of the molecule is O=C(C=Cc1ccc2ccccc2n1)N1CCN(c2cnn(-c3ccccc3)c(=O)c2Cl)CC1. The maximum absolute atomic E-state index is 12.8. The van der Waals surface area contributed by atoms with E-state index in [1.54, 1.807) is 35.4 Å². The molecule has 0 unspecified atom stereocenters. The van der Waals surface area contributed by atoms with Gasteiger partial charge in [0.25, 0.3) is 5.56 Å². The van der Waals surface area contributed by atoms with Gasteiger partial charge in [0.05, 0.1) is 28.8 Å². The molecule has 5 rings (SSSR count). The van der Waals surface area contributed by atoms with Crippen molar-refractivity contribution >= 4 is 40.2 Å². The number of carbonyl (C=O) groups excluding carboxylic acids is 1. The molecular weight excluding hydrogens is 450 g/mol. The summed E-state index contributed by atoms with van der Waals surface area (Å²) in [5.74, 6) is -0.0710. The number of fused-ring (bicyclic) bond motifs is 1. The number of benzene rings is 2. The van der Waals surface area contributed by atoms with Crippen molar-refractivity contribution in [3.8, 4) is 5.69 Å². The summed E-state index contributed by atoms with van der Waals surface area (Å²) >= 11 is 6.43. The Bertz CT molecular complexity index is 1430. The molecule has 170 valence electrons. The molecule has 7 nitrogen and oxygen atoms in total. The summed E-state index contributed by atoms with van der Waals surface area (Å²) in [6.45, 7) is 2.16. The molecular formula is C26H22ClN5O2. The number of hydrogen-bond donors (Lipinski definition) is 0. The summed E-state index contributed by atoms with van der Waals surface area (Å²) in [7, 11) is 0. The normalized spacial score (nSPS) is 14.1. The number of amides is 1. The molecule has 1 saturated heterocycles. The topological polar surface area (TPSA) is 71.3 Å². The van der Waals surface area contributed by atoms with Crippen molar-refractivity contribution in [3.05, 3.63) is 100 Å². The van der Waals surface area contributed by atoms with Crippen LogP contribution in [0.2, 0.25) is 5.02 Å². The summed E-state index contributed by atoms with van der Waals surface area (Å²) < 4.78 is 1.29. The second-order valence-corrected chi connectivity index (χ2v) is 8.35. The van der Waals surface area contributed by atoms with E-state index in [9.17, 15) is 9.59 Å². The van der Waals surface area contributed by atoms with Crippen molar-refractivity contribution in [2.24, 2.45) is 0 Å². The lowest BCUT2D eigenvalue weighted by atomic mass is 10.2. The Morgan fingerprint density at radius 3 is 2.44 bits per heavy atom. The minimum absolute atomic E-state index is 0.0710. The van der Waals surface area contributed by atoms with Gasteiger partial charge in [0.2, 0.25) is 5.91 Å². The zero-order valence-electron chi connectivity index (χ0n) is 18.3. The van der Waals surface area contributed by atoms with Crippen molar-refractivity contribution in [2.45, 2.75) is 0 Å². The highest BCUT2D eigenvalue weighted by Crippen LogP contribution is 2.23. The predicted octanol–water partition coefficient (Wildman–Crippen LogP) is 3.80. The van der Waals surface area contributed by atoms with Crippen molar-refractivity contribution in [3.63, 3.8) is 0 Å². The minimum Gasteiger partial charge on any atom is -0.365 e. The number of para-hydroxylation sites is 2. The number of hydrogen-bond acceptors (Lipinski definition) is 5. The number of pyridine rings is 1. The molecule has 1 amide bonds. The molecule has 1 aliphatic heterocycles. The third-order valence-corrected chi connectivity index (χ3v) is 6.21. The summed E-state index contributed by atoms with van der Waals surface area (Å²) in [5.41, 5.74) is 2.51. The standard InChI is InChI=1S/C26H22ClN5O2/c27-25-23(18-28-32(26(25)34)21-7-2-1-3-8-21)30-14-16-31(17-15-30)24(33)13-12-20-11-10-19-6-4-5-9-22(19)29-20/h1-13,18H,14-17H2. The van der Waals surface area contributed by atoms with Crippen molar-refractivity contribution in [2.75, 3.05) is 31.1 Å².